The Labute approximate surface area is 195 Å². The summed E-state index contributed by atoms with van der Waals surface area (Å²) in [5.74, 6) is -1.94. The van der Waals surface area contributed by atoms with Crippen LogP contribution < -0.4 is 5.32 Å². The Morgan fingerprint density at radius 1 is 1.15 bits per heavy atom. The number of aryl methyl sites for hydroxylation is 1. The number of amides is 3. The van der Waals surface area contributed by atoms with Gasteiger partial charge in [-0.1, -0.05) is 31.2 Å². The summed E-state index contributed by atoms with van der Waals surface area (Å²) in [6, 6.07) is 6.69. The molecule has 2 fully saturated rings. The fourth-order valence-electron chi connectivity index (χ4n) is 4.61. The largest absolute Gasteiger partial charge is 0.322 e. The van der Waals surface area contributed by atoms with Gasteiger partial charge in [-0.15, -0.1) is 11.3 Å². The van der Waals surface area contributed by atoms with Gasteiger partial charge in [0, 0.05) is 35.2 Å². The van der Waals surface area contributed by atoms with Crippen LogP contribution in [0.15, 0.2) is 29.6 Å². The Morgan fingerprint density at radius 2 is 1.88 bits per heavy atom. The van der Waals surface area contributed by atoms with E-state index in [-0.39, 0.29) is 36.6 Å². The van der Waals surface area contributed by atoms with E-state index in [9.17, 15) is 24.0 Å². The summed E-state index contributed by atoms with van der Waals surface area (Å²) in [4.78, 5) is 64.0. The third-order valence-electron chi connectivity index (χ3n) is 7.06. The highest BCUT2D eigenvalue weighted by Gasteiger charge is 2.41. The second kappa shape index (κ2) is 8.02. The van der Waals surface area contributed by atoms with Gasteiger partial charge in [-0.3, -0.25) is 29.3 Å². The Kier molecular flexibility index (Phi) is 5.28. The lowest BCUT2D eigenvalue weighted by molar-refractivity contribution is -0.136. The van der Waals surface area contributed by atoms with Crippen LogP contribution >= 0.6 is 11.3 Å². The Balaban J connectivity index is 1.22. The number of imide groups is 1. The molecule has 1 saturated carbocycles. The van der Waals surface area contributed by atoms with Gasteiger partial charge in [-0.25, -0.2) is 0 Å². The van der Waals surface area contributed by atoms with Gasteiger partial charge in [0.15, 0.2) is 0 Å². The second-order valence-corrected chi connectivity index (χ2v) is 10.3. The number of carbonyl (C=O) groups excluding carboxylic acids is 5. The number of nitrogens with one attached hydrogen (secondary N) is 1. The number of carbonyl (C=O) groups is 5. The molecular weight excluding hydrogens is 440 g/mol. The molecule has 5 rings (SSSR count). The number of Topliss-reactive ketones (excluding diaryl/α,β-unsaturated/α-hetero) is 2. The molecule has 1 aromatic carbocycles. The Bertz CT molecular complexity index is 1190. The molecule has 0 radical (unpaired) electrons. The van der Waals surface area contributed by atoms with Crippen LogP contribution in [0, 0.1) is 0 Å². The van der Waals surface area contributed by atoms with E-state index in [0.717, 1.165) is 23.3 Å². The van der Waals surface area contributed by atoms with Crippen molar-refractivity contribution in [3.05, 3.63) is 56.8 Å². The van der Waals surface area contributed by atoms with Gasteiger partial charge in [-0.05, 0) is 42.2 Å². The summed E-state index contributed by atoms with van der Waals surface area (Å²) >= 11 is 1.40. The first-order valence-corrected chi connectivity index (χ1v) is 12.1. The Morgan fingerprint density at radius 3 is 2.55 bits per heavy atom. The van der Waals surface area contributed by atoms with Crippen molar-refractivity contribution in [3.8, 4) is 0 Å². The van der Waals surface area contributed by atoms with Gasteiger partial charge in [0.1, 0.15) is 6.04 Å². The first-order valence-electron chi connectivity index (χ1n) is 11.2. The zero-order valence-corrected chi connectivity index (χ0v) is 19.1. The van der Waals surface area contributed by atoms with Crippen molar-refractivity contribution in [2.24, 2.45) is 0 Å². The number of hydrogen-bond acceptors (Lipinski definition) is 6. The molecule has 170 valence electrons. The molecule has 3 aliphatic rings. The standard InChI is InChI=1S/C25H24N2O5S/c1-25(10-11-25)15-4-2-14(3-5-15)22(30)19(28)7-8-20-16-12-27(24(32)17(16)13-33-20)18-6-9-21(29)26-23(18)31/h2-5,13,18H,6-12H2,1H3,(H,26,29,31). The fourth-order valence-corrected chi connectivity index (χ4v) is 5.65. The molecule has 1 aliphatic carbocycles. The fraction of sp³-hybridized carbons (Fsp3) is 0.400. The first-order chi connectivity index (χ1) is 15.8. The van der Waals surface area contributed by atoms with Crippen LogP contribution in [0.5, 0.6) is 0 Å². The SMILES string of the molecule is CC1(c2ccc(C(=O)C(=O)CCc3scc4c3CN(C3CCC(=O)NC3=O)C4=O)cc2)CC1. The van der Waals surface area contributed by atoms with Gasteiger partial charge >= 0.3 is 0 Å². The molecular formula is C25H24N2O5S. The molecule has 1 atom stereocenters. The quantitative estimate of drug-likeness (QED) is 0.386. The van der Waals surface area contributed by atoms with Crippen LogP contribution in [0.2, 0.25) is 0 Å². The number of ketones is 2. The van der Waals surface area contributed by atoms with E-state index in [1.807, 2.05) is 12.1 Å². The predicted octanol–water partition coefficient (Wildman–Crippen LogP) is 2.95. The topological polar surface area (TPSA) is 101 Å². The lowest BCUT2D eigenvalue weighted by Gasteiger charge is -2.29. The molecule has 2 aromatic rings. The van der Waals surface area contributed by atoms with E-state index in [1.54, 1.807) is 17.5 Å². The van der Waals surface area contributed by atoms with Crippen LogP contribution in [0.25, 0.3) is 0 Å². The number of thiophene rings is 1. The van der Waals surface area contributed by atoms with Crippen molar-refractivity contribution in [1.29, 1.82) is 0 Å². The van der Waals surface area contributed by atoms with E-state index in [2.05, 4.69) is 12.2 Å². The summed E-state index contributed by atoms with van der Waals surface area (Å²) in [7, 11) is 0. The highest BCUT2D eigenvalue weighted by molar-refractivity contribution is 7.10. The minimum Gasteiger partial charge on any atom is -0.322 e. The van der Waals surface area contributed by atoms with E-state index in [1.165, 1.54) is 21.8 Å². The predicted molar refractivity (Wildman–Crippen MR) is 121 cm³/mol. The maximum atomic E-state index is 12.8. The van der Waals surface area contributed by atoms with Crippen LogP contribution in [0.4, 0.5) is 0 Å². The van der Waals surface area contributed by atoms with Crippen molar-refractivity contribution >= 4 is 40.6 Å². The van der Waals surface area contributed by atoms with E-state index in [0.29, 0.717) is 24.0 Å². The van der Waals surface area contributed by atoms with Crippen molar-refractivity contribution in [3.63, 3.8) is 0 Å². The highest BCUT2D eigenvalue weighted by atomic mass is 32.1. The zero-order valence-electron chi connectivity index (χ0n) is 18.3. The molecule has 0 spiro atoms. The number of fused-ring (bicyclic) bond motifs is 1. The number of nitrogens with zero attached hydrogens (tertiary/aromatic N) is 1. The summed E-state index contributed by atoms with van der Waals surface area (Å²) in [6.45, 7) is 2.47. The maximum Gasteiger partial charge on any atom is 0.256 e. The summed E-state index contributed by atoms with van der Waals surface area (Å²) in [6.07, 6.45) is 3.25. The molecule has 0 bridgehead atoms. The third-order valence-corrected chi connectivity index (χ3v) is 8.15. The first kappa shape index (κ1) is 21.7. The van der Waals surface area contributed by atoms with Crippen molar-refractivity contribution < 1.29 is 24.0 Å². The van der Waals surface area contributed by atoms with Crippen LogP contribution in [0.3, 0.4) is 0 Å². The summed E-state index contributed by atoms with van der Waals surface area (Å²) in [5.41, 5.74) is 3.18. The second-order valence-electron chi connectivity index (χ2n) is 9.34. The third kappa shape index (κ3) is 3.93. The number of hydrogen-bond donors (Lipinski definition) is 1. The van der Waals surface area contributed by atoms with Crippen LogP contribution in [-0.4, -0.2) is 40.2 Å². The molecule has 1 saturated heterocycles. The van der Waals surface area contributed by atoms with Gasteiger partial charge in [0.2, 0.25) is 23.4 Å². The van der Waals surface area contributed by atoms with Crippen LogP contribution in [-0.2, 0) is 32.8 Å². The average Bonchev–Trinajstić information content (AvgIpc) is 3.30. The van der Waals surface area contributed by atoms with Crippen molar-refractivity contribution in [2.45, 2.75) is 63.5 Å². The summed E-state index contributed by atoms with van der Waals surface area (Å²) in [5, 5.41) is 4.04. The zero-order chi connectivity index (χ0) is 23.3. The van der Waals surface area contributed by atoms with E-state index < -0.39 is 23.5 Å². The van der Waals surface area contributed by atoms with Gasteiger partial charge in [-0.2, -0.15) is 0 Å². The van der Waals surface area contributed by atoms with E-state index in [4.69, 9.17) is 0 Å². The molecule has 1 N–H and O–H groups in total. The monoisotopic (exact) mass is 464 g/mol. The summed E-state index contributed by atoms with van der Waals surface area (Å²) < 4.78 is 0. The number of piperidine rings is 1. The molecule has 7 nitrogen and oxygen atoms in total. The molecule has 2 aliphatic heterocycles. The highest BCUT2D eigenvalue weighted by Crippen LogP contribution is 2.47. The number of benzene rings is 1. The molecule has 3 heterocycles. The lowest BCUT2D eigenvalue weighted by atomic mass is 9.95. The van der Waals surface area contributed by atoms with Crippen molar-refractivity contribution in [2.75, 3.05) is 0 Å². The Hall–Kier alpha value is -3.13. The molecule has 3 amide bonds. The van der Waals surface area contributed by atoms with E-state index >= 15 is 0 Å². The molecule has 1 aromatic heterocycles. The molecule has 33 heavy (non-hydrogen) atoms. The smallest absolute Gasteiger partial charge is 0.256 e. The normalized spacial score (nSPS) is 21.1. The van der Waals surface area contributed by atoms with Gasteiger partial charge in [0.25, 0.3) is 5.91 Å². The number of rotatable bonds is 7. The molecule has 8 heteroatoms. The maximum absolute atomic E-state index is 12.8. The minimum absolute atomic E-state index is 0.0673. The van der Waals surface area contributed by atoms with Gasteiger partial charge in [0.05, 0.1) is 5.56 Å². The minimum atomic E-state index is -0.662. The molecule has 1 unspecified atom stereocenters. The van der Waals surface area contributed by atoms with Crippen molar-refractivity contribution in [1.82, 2.24) is 10.2 Å². The lowest BCUT2D eigenvalue weighted by Crippen LogP contribution is -2.52. The van der Waals surface area contributed by atoms with Crippen LogP contribution in [0.1, 0.15) is 75.7 Å². The van der Waals surface area contributed by atoms with Gasteiger partial charge < -0.3 is 4.90 Å². The average molecular weight is 465 g/mol.